The summed E-state index contributed by atoms with van der Waals surface area (Å²) in [6.07, 6.45) is 3.29. The van der Waals surface area contributed by atoms with Crippen LogP contribution in [0, 0.1) is 13.8 Å². The largest absolute Gasteiger partial charge is 0.363 e. The van der Waals surface area contributed by atoms with Crippen molar-refractivity contribution in [3.8, 4) is 0 Å². The Kier molecular flexibility index (Phi) is 3.06. The molecule has 0 amide bonds. The lowest BCUT2D eigenvalue weighted by molar-refractivity contribution is 0.392. The molecule has 0 aromatic carbocycles. The fourth-order valence-corrected chi connectivity index (χ4v) is 2.34. The van der Waals surface area contributed by atoms with E-state index in [1.54, 1.807) is 12.4 Å². The Morgan fingerprint density at radius 2 is 1.95 bits per heavy atom. The molecule has 0 aliphatic heterocycles. The molecule has 6 heteroatoms. The molecular formula is C14H15N5O. The zero-order valence-electron chi connectivity index (χ0n) is 11.6. The number of nitrogens with zero attached hydrogens (tertiary/aromatic N) is 4. The van der Waals surface area contributed by atoms with Gasteiger partial charge in [-0.05, 0) is 32.9 Å². The molecule has 0 bridgehead atoms. The lowest BCUT2D eigenvalue weighted by atomic mass is 10.1. The van der Waals surface area contributed by atoms with Gasteiger partial charge in [-0.25, -0.2) is 9.97 Å². The number of rotatable bonds is 3. The van der Waals surface area contributed by atoms with Gasteiger partial charge in [-0.3, -0.25) is 4.98 Å². The molecule has 0 saturated carbocycles. The zero-order chi connectivity index (χ0) is 14.1. The van der Waals surface area contributed by atoms with Crippen LogP contribution >= 0.6 is 0 Å². The first kappa shape index (κ1) is 12.5. The van der Waals surface area contributed by atoms with Gasteiger partial charge in [0.05, 0.1) is 11.7 Å². The van der Waals surface area contributed by atoms with E-state index >= 15 is 0 Å². The smallest absolute Gasteiger partial charge is 0.180 e. The maximum Gasteiger partial charge on any atom is 0.180 e. The second-order valence-corrected chi connectivity index (χ2v) is 4.70. The predicted octanol–water partition coefficient (Wildman–Crippen LogP) is 2.80. The molecule has 1 atom stereocenters. The summed E-state index contributed by atoms with van der Waals surface area (Å²) in [5.74, 6) is 1.58. The Labute approximate surface area is 116 Å². The van der Waals surface area contributed by atoms with Crippen LogP contribution in [0.1, 0.15) is 30.0 Å². The van der Waals surface area contributed by atoms with E-state index in [-0.39, 0.29) is 6.04 Å². The van der Waals surface area contributed by atoms with Crippen LogP contribution in [0.3, 0.4) is 0 Å². The first-order valence-corrected chi connectivity index (χ1v) is 6.42. The summed E-state index contributed by atoms with van der Waals surface area (Å²) < 4.78 is 5.19. The summed E-state index contributed by atoms with van der Waals surface area (Å²) in [4.78, 5) is 12.9. The number of anilines is 1. The Hall–Kier alpha value is -2.50. The van der Waals surface area contributed by atoms with E-state index in [1.807, 2.05) is 26.0 Å². The first-order valence-electron chi connectivity index (χ1n) is 6.42. The summed E-state index contributed by atoms with van der Waals surface area (Å²) in [6, 6.07) is 3.85. The van der Waals surface area contributed by atoms with Crippen LogP contribution in [0.5, 0.6) is 0 Å². The van der Waals surface area contributed by atoms with Crippen LogP contribution in [-0.4, -0.2) is 20.1 Å². The molecule has 102 valence electrons. The second kappa shape index (κ2) is 4.88. The lowest BCUT2D eigenvalue weighted by Crippen LogP contribution is -2.09. The van der Waals surface area contributed by atoms with Crippen molar-refractivity contribution in [2.45, 2.75) is 26.8 Å². The molecule has 1 N–H and O–H groups in total. The average molecular weight is 269 g/mol. The number of nitrogens with one attached hydrogen (secondary N) is 1. The highest BCUT2D eigenvalue weighted by molar-refractivity contribution is 5.71. The standard InChI is InChI=1S/C14H15N5O/c1-8(13-9(2)19-20-10(13)3)17-12-5-4-11-14(18-12)16-7-6-15-11/h4-8H,1-3H3,(H,16,17,18). The minimum absolute atomic E-state index is 0.0582. The molecule has 3 heterocycles. The average Bonchev–Trinajstić information content (AvgIpc) is 2.78. The van der Waals surface area contributed by atoms with Crippen LogP contribution < -0.4 is 5.32 Å². The van der Waals surface area contributed by atoms with Gasteiger partial charge in [0.25, 0.3) is 0 Å². The van der Waals surface area contributed by atoms with E-state index in [1.165, 1.54) is 0 Å². The molecule has 0 spiro atoms. The Bertz CT molecular complexity index is 733. The van der Waals surface area contributed by atoms with Crippen LogP contribution in [0.4, 0.5) is 5.82 Å². The highest BCUT2D eigenvalue weighted by Gasteiger charge is 2.16. The van der Waals surface area contributed by atoms with E-state index < -0.39 is 0 Å². The summed E-state index contributed by atoms with van der Waals surface area (Å²) in [7, 11) is 0. The van der Waals surface area contributed by atoms with Gasteiger partial charge < -0.3 is 9.84 Å². The van der Waals surface area contributed by atoms with Crippen LogP contribution in [0.25, 0.3) is 11.2 Å². The fraction of sp³-hybridized carbons (Fsp3) is 0.286. The topological polar surface area (TPSA) is 76.7 Å². The normalized spacial score (nSPS) is 12.6. The van der Waals surface area contributed by atoms with Crippen molar-refractivity contribution in [1.29, 1.82) is 0 Å². The highest BCUT2D eigenvalue weighted by atomic mass is 16.5. The monoisotopic (exact) mass is 269 g/mol. The van der Waals surface area contributed by atoms with Gasteiger partial charge in [-0.1, -0.05) is 5.16 Å². The third-order valence-corrected chi connectivity index (χ3v) is 3.22. The van der Waals surface area contributed by atoms with Crippen molar-refractivity contribution in [2.24, 2.45) is 0 Å². The maximum absolute atomic E-state index is 5.19. The molecule has 0 radical (unpaired) electrons. The summed E-state index contributed by atoms with van der Waals surface area (Å²) in [6.45, 7) is 5.89. The third kappa shape index (κ3) is 2.20. The van der Waals surface area contributed by atoms with Crippen molar-refractivity contribution in [3.05, 3.63) is 41.5 Å². The molecule has 0 saturated heterocycles. The molecule has 20 heavy (non-hydrogen) atoms. The maximum atomic E-state index is 5.19. The molecule has 3 aromatic rings. The van der Waals surface area contributed by atoms with Gasteiger partial charge in [0, 0.05) is 18.0 Å². The summed E-state index contributed by atoms with van der Waals surface area (Å²) >= 11 is 0. The van der Waals surface area contributed by atoms with Crippen LogP contribution in [0.2, 0.25) is 0 Å². The fourth-order valence-electron chi connectivity index (χ4n) is 2.34. The Balaban J connectivity index is 1.89. The van der Waals surface area contributed by atoms with Gasteiger partial charge in [-0.15, -0.1) is 0 Å². The minimum atomic E-state index is 0.0582. The van der Waals surface area contributed by atoms with Gasteiger partial charge in [-0.2, -0.15) is 0 Å². The van der Waals surface area contributed by atoms with Gasteiger partial charge in [0.1, 0.15) is 17.1 Å². The summed E-state index contributed by atoms with van der Waals surface area (Å²) in [5, 5.41) is 7.31. The van der Waals surface area contributed by atoms with E-state index in [0.29, 0.717) is 5.65 Å². The molecule has 0 aliphatic carbocycles. The molecule has 3 aromatic heterocycles. The Morgan fingerprint density at radius 3 is 2.70 bits per heavy atom. The number of hydrogen-bond donors (Lipinski definition) is 1. The molecule has 0 fully saturated rings. The van der Waals surface area contributed by atoms with E-state index in [9.17, 15) is 0 Å². The van der Waals surface area contributed by atoms with E-state index in [0.717, 1.165) is 28.4 Å². The number of aromatic nitrogens is 4. The number of pyridine rings is 1. The minimum Gasteiger partial charge on any atom is -0.363 e. The van der Waals surface area contributed by atoms with E-state index in [2.05, 4.69) is 32.3 Å². The zero-order valence-corrected chi connectivity index (χ0v) is 11.6. The van der Waals surface area contributed by atoms with Gasteiger partial charge >= 0.3 is 0 Å². The number of hydrogen-bond acceptors (Lipinski definition) is 6. The number of aryl methyl sites for hydroxylation is 2. The van der Waals surface area contributed by atoms with Crippen molar-refractivity contribution >= 4 is 17.0 Å². The molecule has 3 rings (SSSR count). The second-order valence-electron chi connectivity index (χ2n) is 4.70. The van der Waals surface area contributed by atoms with Crippen molar-refractivity contribution in [2.75, 3.05) is 5.32 Å². The quantitative estimate of drug-likeness (QED) is 0.787. The van der Waals surface area contributed by atoms with Crippen molar-refractivity contribution < 1.29 is 4.52 Å². The first-order chi connectivity index (χ1) is 9.65. The van der Waals surface area contributed by atoms with Gasteiger partial charge in [0.15, 0.2) is 5.65 Å². The third-order valence-electron chi connectivity index (χ3n) is 3.22. The van der Waals surface area contributed by atoms with Crippen molar-refractivity contribution in [1.82, 2.24) is 20.1 Å². The molecular weight excluding hydrogens is 254 g/mol. The predicted molar refractivity (Wildman–Crippen MR) is 75.3 cm³/mol. The highest BCUT2D eigenvalue weighted by Crippen LogP contribution is 2.24. The van der Waals surface area contributed by atoms with E-state index in [4.69, 9.17) is 4.52 Å². The molecule has 6 nitrogen and oxygen atoms in total. The Morgan fingerprint density at radius 1 is 1.15 bits per heavy atom. The lowest BCUT2D eigenvalue weighted by Gasteiger charge is -2.14. The molecule has 0 aliphatic rings. The SMILES string of the molecule is Cc1noc(C)c1C(C)Nc1ccc2nccnc2n1. The van der Waals surface area contributed by atoms with Crippen molar-refractivity contribution in [3.63, 3.8) is 0 Å². The van der Waals surface area contributed by atoms with Crippen LogP contribution in [0.15, 0.2) is 29.0 Å². The number of fused-ring (bicyclic) bond motifs is 1. The molecule has 1 unspecified atom stereocenters. The summed E-state index contributed by atoms with van der Waals surface area (Å²) in [5.41, 5.74) is 3.36. The van der Waals surface area contributed by atoms with Crippen LogP contribution in [-0.2, 0) is 0 Å². The van der Waals surface area contributed by atoms with Gasteiger partial charge in [0.2, 0.25) is 0 Å².